The van der Waals surface area contributed by atoms with Crippen molar-refractivity contribution in [2.45, 2.75) is 6.61 Å². The Bertz CT molecular complexity index is 652. The molecular formula is C11H6ClF2N3O3. The van der Waals surface area contributed by atoms with Gasteiger partial charge < -0.3 is 4.74 Å². The lowest BCUT2D eigenvalue weighted by molar-refractivity contribution is -0.387. The van der Waals surface area contributed by atoms with Crippen LogP contribution in [0.4, 0.5) is 14.5 Å². The summed E-state index contributed by atoms with van der Waals surface area (Å²) < 4.78 is 31.8. The van der Waals surface area contributed by atoms with Crippen molar-refractivity contribution in [3.8, 4) is 5.75 Å². The Morgan fingerprint density at radius 3 is 2.60 bits per heavy atom. The van der Waals surface area contributed by atoms with Crippen molar-refractivity contribution < 1.29 is 18.4 Å². The zero-order chi connectivity index (χ0) is 14.7. The molecule has 0 saturated carbocycles. The molecule has 0 aliphatic heterocycles. The first kappa shape index (κ1) is 14.1. The second-order valence-corrected chi connectivity index (χ2v) is 4.01. The van der Waals surface area contributed by atoms with Crippen LogP contribution in [-0.4, -0.2) is 15.1 Å². The SMILES string of the molecule is O=[N+]([O-])c1cc(F)c(OCc2ccc(Cl)nn2)cc1F. The third kappa shape index (κ3) is 3.15. The van der Waals surface area contributed by atoms with Gasteiger partial charge in [0.15, 0.2) is 16.7 Å². The molecule has 0 spiro atoms. The molecule has 0 fully saturated rings. The van der Waals surface area contributed by atoms with Crippen molar-refractivity contribution in [1.29, 1.82) is 0 Å². The first-order valence-electron chi connectivity index (χ1n) is 5.21. The number of nitro groups is 1. The normalized spacial score (nSPS) is 10.3. The molecule has 0 atom stereocenters. The van der Waals surface area contributed by atoms with E-state index in [0.717, 1.165) is 0 Å². The molecule has 0 unspecified atom stereocenters. The van der Waals surface area contributed by atoms with Gasteiger partial charge in [0.2, 0.25) is 5.82 Å². The van der Waals surface area contributed by atoms with Crippen LogP contribution in [0.5, 0.6) is 5.75 Å². The minimum atomic E-state index is -1.19. The van der Waals surface area contributed by atoms with Crippen LogP contribution in [0.1, 0.15) is 5.69 Å². The molecular weight excluding hydrogens is 296 g/mol. The molecule has 0 saturated heterocycles. The molecule has 1 aromatic heterocycles. The summed E-state index contributed by atoms with van der Waals surface area (Å²) in [5.74, 6) is -2.68. The van der Waals surface area contributed by atoms with Crippen LogP contribution in [0.25, 0.3) is 0 Å². The molecule has 1 aromatic carbocycles. The van der Waals surface area contributed by atoms with E-state index in [4.69, 9.17) is 16.3 Å². The van der Waals surface area contributed by atoms with E-state index >= 15 is 0 Å². The Morgan fingerprint density at radius 2 is 2.00 bits per heavy atom. The van der Waals surface area contributed by atoms with Crippen LogP contribution in [0, 0.1) is 21.7 Å². The molecule has 0 aliphatic rings. The minimum absolute atomic E-state index is 0.182. The predicted molar refractivity (Wildman–Crippen MR) is 64.4 cm³/mol. The van der Waals surface area contributed by atoms with Crippen molar-refractivity contribution in [3.63, 3.8) is 0 Å². The lowest BCUT2D eigenvalue weighted by Crippen LogP contribution is -2.02. The van der Waals surface area contributed by atoms with Gasteiger partial charge in [-0.3, -0.25) is 10.1 Å². The minimum Gasteiger partial charge on any atom is -0.484 e. The van der Waals surface area contributed by atoms with Crippen LogP contribution in [0.2, 0.25) is 5.15 Å². The largest absolute Gasteiger partial charge is 0.484 e. The van der Waals surface area contributed by atoms with Crippen LogP contribution in [0.3, 0.4) is 0 Å². The maximum Gasteiger partial charge on any atom is 0.307 e. The Labute approximate surface area is 116 Å². The lowest BCUT2D eigenvalue weighted by Gasteiger charge is -2.06. The fourth-order valence-corrected chi connectivity index (χ4v) is 1.44. The third-order valence-corrected chi connectivity index (χ3v) is 2.46. The van der Waals surface area contributed by atoms with Gasteiger partial charge in [0.05, 0.1) is 11.0 Å². The number of aromatic nitrogens is 2. The summed E-state index contributed by atoms with van der Waals surface area (Å²) in [5, 5.41) is 17.8. The molecule has 0 N–H and O–H groups in total. The summed E-state index contributed by atoms with van der Waals surface area (Å²) in [6.45, 7) is -0.182. The van der Waals surface area contributed by atoms with E-state index in [9.17, 15) is 18.9 Å². The first-order valence-corrected chi connectivity index (χ1v) is 5.59. The van der Waals surface area contributed by atoms with E-state index in [1.54, 1.807) is 0 Å². The van der Waals surface area contributed by atoms with Gasteiger partial charge in [-0.2, -0.15) is 9.49 Å². The Hall–Kier alpha value is -2.35. The zero-order valence-electron chi connectivity index (χ0n) is 9.72. The van der Waals surface area contributed by atoms with Crippen LogP contribution in [-0.2, 0) is 6.61 Å². The average Bonchev–Trinajstić information content (AvgIpc) is 2.41. The van der Waals surface area contributed by atoms with Gasteiger partial charge >= 0.3 is 5.69 Å². The van der Waals surface area contributed by atoms with Crippen LogP contribution in [0.15, 0.2) is 24.3 Å². The van der Waals surface area contributed by atoms with Gasteiger partial charge in [-0.05, 0) is 12.1 Å². The van der Waals surface area contributed by atoms with Crippen molar-refractivity contribution in [2.24, 2.45) is 0 Å². The average molecular weight is 302 g/mol. The molecule has 0 bridgehead atoms. The van der Waals surface area contributed by atoms with Gasteiger partial charge in [-0.15, -0.1) is 5.10 Å². The van der Waals surface area contributed by atoms with E-state index in [1.807, 2.05) is 0 Å². The lowest BCUT2D eigenvalue weighted by atomic mass is 10.3. The fourth-order valence-electron chi connectivity index (χ4n) is 1.34. The second kappa shape index (κ2) is 5.74. The van der Waals surface area contributed by atoms with Crippen molar-refractivity contribution in [2.75, 3.05) is 0 Å². The first-order chi connectivity index (χ1) is 9.47. The van der Waals surface area contributed by atoms with Crippen molar-refractivity contribution in [1.82, 2.24) is 10.2 Å². The molecule has 0 amide bonds. The van der Waals surface area contributed by atoms with E-state index in [2.05, 4.69) is 10.2 Å². The van der Waals surface area contributed by atoms with Gasteiger partial charge in [-0.25, -0.2) is 4.39 Å². The highest BCUT2D eigenvalue weighted by Crippen LogP contribution is 2.26. The molecule has 20 heavy (non-hydrogen) atoms. The molecule has 0 aliphatic carbocycles. The smallest absolute Gasteiger partial charge is 0.307 e. The molecule has 2 aromatic rings. The molecule has 6 nitrogen and oxygen atoms in total. The molecule has 104 valence electrons. The number of rotatable bonds is 4. The quantitative estimate of drug-likeness (QED) is 0.641. The number of nitro benzene ring substituents is 1. The number of nitrogens with zero attached hydrogens (tertiary/aromatic N) is 3. The number of benzene rings is 1. The standard InChI is InChI=1S/C11H6ClF2N3O3/c12-11-2-1-6(15-16-11)5-20-10-4-7(13)9(17(18)19)3-8(10)14/h1-4H,5H2. The summed E-state index contributed by atoms with van der Waals surface area (Å²) in [6.07, 6.45) is 0. The van der Waals surface area contributed by atoms with Gasteiger partial charge in [0, 0.05) is 6.07 Å². The van der Waals surface area contributed by atoms with Crippen LogP contribution < -0.4 is 4.74 Å². The Balaban J connectivity index is 2.16. The molecule has 2 rings (SSSR count). The number of hydrogen-bond acceptors (Lipinski definition) is 5. The van der Waals surface area contributed by atoms with Crippen molar-refractivity contribution in [3.05, 3.63) is 56.9 Å². The predicted octanol–water partition coefficient (Wildman–Crippen LogP) is 2.90. The molecule has 0 radical (unpaired) electrons. The number of hydrogen-bond donors (Lipinski definition) is 0. The Morgan fingerprint density at radius 1 is 1.25 bits per heavy atom. The summed E-state index contributed by atoms with van der Waals surface area (Å²) >= 11 is 5.53. The number of ether oxygens (including phenoxy) is 1. The zero-order valence-corrected chi connectivity index (χ0v) is 10.5. The Kier molecular flexibility index (Phi) is 4.04. The van der Waals surface area contributed by atoms with Crippen LogP contribution >= 0.6 is 11.6 Å². The van der Waals surface area contributed by atoms with E-state index in [-0.39, 0.29) is 11.8 Å². The van der Waals surface area contributed by atoms with E-state index in [1.165, 1.54) is 12.1 Å². The summed E-state index contributed by atoms with van der Waals surface area (Å²) in [7, 11) is 0. The molecule has 1 heterocycles. The maximum absolute atomic E-state index is 13.5. The highest BCUT2D eigenvalue weighted by Gasteiger charge is 2.19. The topological polar surface area (TPSA) is 78.2 Å². The summed E-state index contributed by atoms with van der Waals surface area (Å²) in [6, 6.07) is 4.02. The maximum atomic E-state index is 13.5. The van der Waals surface area contributed by atoms with E-state index < -0.39 is 28.0 Å². The highest BCUT2D eigenvalue weighted by molar-refractivity contribution is 6.29. The molecule has 9 heteroatoms. The van der Waals surface area contributed by atoms with Gasteiger partial charge in [0.25, 0.3) is 0 Å². The van der Waals surface area contributed by atoms with Crippen molar-refractivity contribution >= 4 is 17.3 Å². The second-order valence-electron chi connectivity index (χ2n) is 3.63. The van der Waals surface area contributed by atoms with E-state index in [0.29, 0.717) is 17.8 Å². The van der Waals surface area contributed by atoms with Gasteiger partial charge in [-0.1, -0.05) is 11.6 Å². The summed E-state index contributed by atoms with van der Waals surface area (Å²) in [4.78, 5) is 9.40. The fraction of sp³-hybridized carbons (Fsp3) is 0.0909. The monoisotopic (exact) mass is 301 g/mol. The number of halogens is 3. The summed E-state index contributed by atoms with van der Waals surface area (Å²) in [5.41, 5.74) is -0.617. The van der Waals surface area contributed by atoms with Gasteiger partial charge in [0.1, 0.15) is 12.3 Å². The highest BCUT2D eigenvalue weighted by atomic mass is 35.5. The third-order valence-electron chi connectivity index (χ3n) is 2.26.